The number of carbonyl (C=O) groups excluding carboxylic acids is 2. The molecule has 0 aromatic heterocycles. The molecule has 0 fully saturated rings. The van der Waals surface area contributed by atoms with Gasteiger partial charge in [-0.25, -0.2) is 9.59 Å². The second-order valence-corrected chi connectivity index (χ2v) is 15.1. The summed E-state index contributed by atoms with van der Waals surface area (Å²) in [5.74, 6) is 0. The number of nitrogens with one attached hydrogen (secondary N) is 2. The normalized spacial score (nSPS) is 14.0. The molecule has 278 valence electrons. The Labute approximate surface area is 310 Å². The van der Waals surface area contributed by atoms with Crippen LogP contribution in [-0.4, -0.2) is 47.7 Å². The van der Waals surface area contributed by atoms with Crippen LogP contribution in [0.4, 0.5) is 9.59 Å². The van der Waals surface area contributed by atoms with Crippen molar-refractivity contribution in [3.8, 4) is 0 Å². The summed E-state index contributed by atoms with van der Waals surface area (Å²) < 4.78 is 25.4. The SMILES string of the molecule is CC(C)(C)OC(=O)N[C@@H](CCc1ccccc1)[C@@H](OCc1ccccc1)[C@H](OCc1ccccc1)[C@H](CCc1ccccc1)NC(=O)OC(C)(C)C. The zero-order chi connectivity index (χ0) is 37.4. The molecule has 0 unspecified atom stereocenters. The summed E-state index contributed by atoms with van der Waals surface area (Å²) in [6.07, 6.45) is -0.203. The summed E-state index contributed by atoms with van der Waals surface area (Å²) in [5.41, 5.74) is 2.75. The minimum atomic E-state index is -0.726. The van der Waals surface area contributed by atoms with Crippen LogP contribution in [0, 0.1) is 0 Å². The first-order chi connectivity index (χ1) is 24.8. The average Bonchev–Trinajstić information content (AvgIpc) is 3.10. The van der Waals surface area contributed by atoms with Gasteiger partial charge in [0.2, 0.25) is 0 Å². The molecule has 0 spiro atoms. The molecule has 4 rings (SSSR count). The Hall–Kier alpha value is -4.66. The van der Waals surface area contributed by atoms with Crippen LogP contribution >= 0.6 is 0 Å². The molecule has 4 aromatic carbocycles. The maximum Gasteiger partial charge on any atom is 0.407 e. The molecule has 0 aliphatic heterocycles. The smallest absolute Gasteiger partial charge is 0.407 e. The highest BCUT2D eigenvalue weighted by atomic mass is 16.6. The molecular formula is C44H56N2O6. The number of ether oxygens (including phenoxy) is 4. The van der Waals surface area contributed by atoms with E-state index in [0.29, 0.717) is 25.7 Å². The summed E-state index contributed by atoms with van der Waals surface area (Å²) in [6.45, 7) is 11.5. The molecule has 0 saturated heterocycles. The molecule has 2 amide bonds. The van der Waals surface area contributed by atoms with Gasteiger partial charge in [0, 0.05) is 0 Å². The molecule has 4 atom stereocenters. The topological polar surface area (TPSA) is 95.1 Å². The van der Waals surface area contributed by atoms with E-state index in [1.54, 1.807) is 0 Å². The minimum Gasteiger partial charge on any atom is -0.444 e. The van der Waals surface area contributed by atoms with Crippen molar-refractivity contribution >= 4 is 12.2 Å². The van der Waals surface area contributed by atoms with Gasteiger partial charge in [-0.15, -0.1) is 0 Å². The quantitative estimate of drug-likeness (QED) is 0.114. The van der Waals surface area contributed by atoms with Crippen LogP contribution in [0.5, 0.6) is 0 Å². The number of hydrogen-bond acceptors (Lipinski definition) is 6. The van der Waals surface area contributed by atoms with Crippen LogP contribution in [0.3, 0.4) is 0 Å². The molecule has 0 aliphatic rings. The van der Waals surface area contributed by atoms with Crippen molar-refractivity contribution in [1.29, 1.82) is 0 Å². The third-order valence-corrected chi connectivity index (χ3v) is 8.27. The minimum absolute atomic E-state index is 0.256. The number of rotatable bonds is 17. The predicted molar refractivity (Wildman–Crippen MR) is 206 cm³/mol. The summed E-state index contributed by atoms with van der Waals surface area (Å²) in [5, 5.41) is 6.34. The Morgan fingerprint density at radius 1 is 0.481 bits per heavy atom. The van der Waals surface area contributed by atoms with E-state index in [4.69, 9.17) is 18.9 Å². The predicted octanol–water partition coefficient (Wildman–Crippen LogP) is 9.21. The number of benzene rings is 4. The highest BCUT2D eigenvalue weighted by molar-refractivity contribution is 5.69. The summed E-state index contributed by atoms with van der Waals surface area (Å²) >= 11 is 0. The van der Waals surface area contributed by atoms with Crippen LogP contribution in [0.2, 0.25) is 0 Å². The zero-order valence-corrected chi connectivity index (χ0v) is 31.5. The van der Waals surface area contributed by atoms with E-state index >= 15 is 0 Å². The number of amides is 2. The van der Waals surface area contributed by atoms with Gasteiger partial charge < -0.3 is 29.6 Å². The molecular weight excluding hydrogens is 652 g/mol. The first-order valence-electron chi connectivity index (χ1n) is 18.2. The summed E-state index contributed by atoms with van der Waals surface area (Å²) in [6, 6.07) is 38.9. The van der Waals surface area contributed by atoms with Crippen LogP contribution in [0.1, 0.15) is 76.6 Å². The van der Waals surface area contributed by atoms with Gasteiger partial charge >= 0.3 is 12.2 Å². The third kappa shape index (κ3) is 14.9. The Bertz CT molecular complexity index is 1480. The van der Waals surface area contributed by atoms with E-state index in [2.05, 4.69) is 34.9 Å². The second kappa shape index (κ2) is 19.8. The molecule has 8 nitrogen and oxygen atoms in total. The number of carbonyl (C=O) groups is 2. The fourth-order valence-corrected chi connectivity index (χ4v) is 5.90. The lowest BCUT2D eigenvalue weighted by molar-refractivity contribution is -0.114. The summed E-state index contributed by atoms with van der Waals surface area (Å²) in [7, 11) is 0. The number of hydrogen-bond donors (Lipinski definition) is 2. The van der Waals surface area contributed by atoms with E-state index in [0.717, 1.165) is 22.3 Å². The van der Waals surface area contributed by atoms with E-state index in [1.165, 1.54) is 0 Å². The van der Waals surface area contributed by atoms with E-state index < -0.39 is 47.7 Å². The molecule has 0 heterocycles. The van der Waals surface area contributed by atoms with Gasteiger partial charge in [-0.2, -0.15) is 0 Å². The van der Waals surface area contributed by atoms with Gasteiger partial charge in [0.15, 0.2) is 0 Å². The van der Waals surface area contributed by atoms with Gasteiger partial charge in [0.05, 0.1) is 25.3 Å². The van der Waals surface area contributed by atoms with Gasteiger partial charge in [-0.1, -0.05) is 121 Å². The fraction of sp³-hybridized carbons (Fsp3) is 0.409. The van der Waals surface area contributed by atoms with E-state index in [1.807, 2.05) is 139 Å². The lowest BCUT2D eigenvalue weighted by atomic mass is 9.91. The van der Waals surface area contributed by atoms with Crippen molar-refractivity contribution in [2.75, 3.05) is 0 Å². The zero-order valence-electron chi connectivity index (χ0n) is 31.5. The van der Waals surface area contributed by atoms with Gasteiger partial charge in [-0.3, -0.25) is 0 Å². The van der Waals surface area contributed by atoms with Crippen molar-refractivity contribution in [2.24, 2.45) is 0 Å². The van der Waals surface area contributed by atoms with Crippen LogP contribution in [-0.2, 0) is 45.0 Å². The molecule has 0 radical (unpaired) electrons. The highest BCUT2D eigenvalue weighted by Gasteiger charge is 2.39. The highest BCUT2D eigenvalue weighted by Crippen LogP contribution is 2.25. The van der Waals surface area contributed by atoms with Crippen molar-refractivity contribution in [3.05, 3.63) is 144 Å². The molecule has 4 aromatic rings. The van der Waals surface area contributed by atoms with Crippen molar-refractivity contribution in [2.45, 2.75) is 116 Å². The van der Waals surface area contributed by atoms with E-state index in [-0.39, 0.29) is 13.2 Å². The van der Waals surface area contributed by atoms with Crippen LogP contribution in [0.25, 0.3) is 0 Å². The maximum absolute atomic E-state index is 13.6. The first kappa shape index (κ1) is 40.1. The van der Waals surface area contributed by atoms with Crippen molar-refractivity contribution < 1.29 is 28.5 Å². The largest absolute Gasteiger partial charge is 0.444 e. The molecule has 52 heavy (non-hydrogen) atoms. The van der Waals surface area contributed by atoms with Crippen LogP contribution < -0.4 is 10.6 Å². The number of alkyl carbamates (subject to hydrolysis) is 2. The maximum atomic E-state index is 13.6. The molecule has 2 N–H and O–H groups in total. The lowest BCUT2D eigenvalue weighted by Gasteiger charge is -2.39. The molecule has 0 saturated carbocycles. The standard InChI is InChI=1S/C44H56N2O6/c1-43(2,3)51-41(47)45-37(29-27-33-19-11-7-12-20-33)39(49-31-35-23-15-9-16-24-35)40(50-32-36-25-17-10-18-26-36)38(46-42(48)52-44(4,5)6)30-28-34-21-13-8-14-22-34/h7-26,37-40H,27-32H2,1-6H3,(H,45,47)(H,46,48)/t37-,38-,39+,40+/m0/s1. The Balaban J connectivity index is 1.79. The monoisotopic (exact) mass is 708 g/mol. The Morgan fingerprint density at radius 2 is 0.769 bits per heavy atom. The summed E-state index contributed by atoms with van der Waals surface area (Å²) in [4.78, 5) is 27.1. The van der Waals surface area contributed by atoms with Gasteiger partial charge in [-0.05, 0) is 89.5 Å². The van der Waals surface area contributed by atoms with Crippen molar-refractivity contribution in [1.82, 2.24) is 10.6 Å². The van der Waals surface area contributed by atoms with Crippen LogP contribution in [0.15, 0.2) is 121 Å². The van der Waals surface area contributed by atoms with Gasteiger partial charge in [0.25, 0.3) is 0 Å². The Kier molecular flexibility index (Phi) is 15.3. The van der Waals surface area contributed by atoms with E-state index in [9.17, 15) is 9.59 Å². The second-order valence-electron chi connectivity index (χ2n) is 15.1. The Morgan fingerprint density at radius 3 is 1.06 bits per heavy atom. The fourth-order valence-electron chi connectivity index (χ4n) is 5.90. The first-order valence-corrected chi connectivity index (χ1v) is 18.2. The average molecular weight is 709 g/mol. The van der Waals surface area contributed by atoms with Gasteiger partial charge in [0.1, 0.15) is 23.4 Å². The molecule has 0 bridgehead atoms. The molecule has 8 heteroatoms. The number of aryl methyl sites for hydroxylation is 2. The van der Waals surface area contributed by atoms with Crippen molar-refractivity contribution in [3.63, 3.8) is 0 Å². The lowest BCUT2D eigenvalue weighted by Crippen LogP contribution is -2.58. The third-order valence-electron chi connectivity index (χ3n) is 8.27. The molecule has 0 aliphatic carbocycles.